The molecule has 2 rings (SSSR count). The molecule has 0 radical (unpaired) electrons. The van der Waals surface area contributed by atoms with Crippen LogP contribution in [-0.4, -0.2) is 59.0 Å². The van der Waals surface area contributed by atoms with Crippen LogP contribution in [-0.2, 0) is 31.5 Å². The minimum Gasteiger partial charge on any atom is -0.385 e. The first-order valence-electron chi connectivity index (χ1n) is 11.1. The van der Waals surface area contributed by atoms with Crippen LogP contribution in [0.15, 0.2) is 53.4 Å². The van der Waals surface area contributed by atoms with E-state index in [1.807, 2.05) is 12.1 Å². The Kier molecular flexibility index (Phi) is 9.78. The van der Waals surface area contributed by atoms with Crippen molar-refractivity contribution in [3.05, 3.63) is 65.2 Å². The van der Waals surface area contributed by atoms with E-state index >= 15 is 0 Å². The molecule has 0 aliphatic carbocycles. The van der Waals surface area contributed by atoms with E-state index in [9.17, 15) is 18.0 Å². The zero-order valence-corrected chi connectivity index (χ0v) is 21.4. The van der Waals surface area contributed by atoms with Crippen LogP contribution < -0.4 is 10.0 Å². The van der Waals surface area contributed by atoms with Crippen molar-refractivity contribution in [1.82, 2.24) is 14.9 Å². The fraction of sp³-hybridized carbons (Fsp3) is 0.440. The van der Waals surface area contributed by atoms with E-state index in [-0.39, 0.29) is 35.2 Å². The molecule has 0 atom stereocenters. The van der Waals surface area contributed by atoms with Crippen molar-refractivity contribution in [2.24, 2.45) is 0 Å². The fourth-order valence-corrected chi connectivity index (χ4v) is 4.19. The highest BCUT2D eigenvalue weighted by atomic mass is 32.2. The van der Waals surface area contributed by atoms with Gasteiger partial charge in [0.25, 0.3) is 5.91 Å². The van der Waals surface area contributed by atoms with Gasteiger partial charge in [-0.05, 0) is 47.2 Å². The minimum absolute atomic E-state index is 0.0542. The Morgan fingerprint density at radius 1 is 1.00 bits per heavy atom. The molecule has 0 bridgehead atoms. The van der Waals surface area contributed by atoms with E-state index in [4.69, 9.17) is 4.74 Å². The van der Waals surface area contributed by atoms with Crippen LogP contribution in [0.1, 0.15) is 48.7 Å². The molecule has 0 aromatic heterocycles. The van der Waals surface area contributed by atoms with Crippen LogP contribution in [0.5, 0.6) is 0 Å². The lowest BCUT2D eigenvalue weighted by Gasteiger charge is -2.19. The van der Waals surface area contributed by atoms with Gasteiger partial charge in [0.15, 0.2) is 0 Å². The molecule has 9 heteroatoms. The van der Waals surface area contributed by atoms with Crippen molar-refractivity contribution >= 4 is 21.8 Å². The largest absolute Gasteiger partial charge is 0.385 e. The summed E-state index contributed by atoms with van der Waals surface area (Å²) in [7, 11) is -0.506. The number of ether oxygens (including phenoxy) is 1. The number of benzene rings is 2. The van der Waals surface area contributed by atoms with Gasteiger partial charge in [-0.3, -0.25) is 9.59 Å². The monoisotopic (exact) mass is 489 g/mol. The quantitative estimate of drug-likeness (QED) is 0.472. The summed E-state index contributed by atoms with van der Waals surface area (Å²) in [5, 5.41) is 2.74. The number of sulfonamides is 1. The van der Waals surface area contributed by atoms with Crippen molar-refractivity contribution < 1.29 is 22.7 Å². The zero-order chi connectivity index (χ0) is 25.4. The number of rotatable bonds is 11. The molecule has 2 aromatic carbocycles. The van der Waals surface area contributed by atoms with Crippen LogP contribution in [0, 0.1) is 0 Å². The van der Waals surface area contributed by atoms with Crippen molar-refractivity contribution in [1.29, 1.82) is 0 Å². The first kappa shape index (κ1) is 27.5. The maximum Gasteiger partial charge on any atom is 0.254 e. The van der Waals surface area contributed by atoms with E-state index in [2.05, 4.69) is 30.8 Å². The van der Waals surface area contributed by atoms with E-state index in [1.54, 1.807) is 50.6 Å². The number of nitrogens with one attached hydrogen (secondary N) is 2. The third-order valence-corrected chi connectivity index (χ3v) is 6.69. The van der Waals surface area contributed by atoms with Gasteiger partial charge in [-0.25, -0.2) is 13.1 Å². The van der Waals surface area contributed by atoms with Crippen LogP contribution >= 0.6 is 0 Å². The lowest BCUT2D eigenvalue weighted by Crippen LogP contribution is -2.38. The van der Waals surface area contributed by atoms with Gasteiger partial charge in [0, 0.05) is 39.4 Å². The number of methoxy groups -OCH3 is 1. The number of hydrogen-bond acceptors (Lipinski definition) is 5. The Morgan fingerprint density at radius 3 is 2.18 bits per heavy atom. The summed E-state index contributed by atoms with van der Waals surface area (Å²) < 4.78 is 32.8. The number of carbonyl (C=O) groups excluding carboxylic acids is 2. The van der Waals surface area contributed by atoms with Gasteiger partial charge in [-0.1, -0.05) is 45.0 Å². The Balaban J connectivity index is 1.91. The number of carbonyl (C=O) groups is 2. The minimum atomic E-state index is -3.66. The standard InChI is InChI=1S/C25H35N3O5S/c1-25(2,3)21-11-13-22(14-12-21)34(31,32)27-17-19-7-9-20(10-8-19)24(30)28(4)18-23(29)26-15-6-16-33-5/h7-14,27H,6,15-18H2,1-5H3,(H,26,29). The van der Waals surface area contributed by atoms with Crippen LogP contribution in [0.2, 0.25) is 0 Å². The van der Waals surface area contributed by atoms with E-state index in [1.165, 1.54) is 4.90 Å². The maximum atomic E-state index is 12.6. The van der Waals surface area contributed by atoms with Crippen molar-refractivity contribution in [2.45, 2.75) is 44.0 Å². The number of hydrogen-bond donors (Lipinski definition) is 2. The second-order valence-electron chi connectivity index (χ2n) is 9.15. The van der Waals surface area contributed by atoms with Crippen molar-refractivity contribution in [3.63, 3.8) is 0 Å². The SMILES string of the molecule is COCCCNC(=O)CN(C)C(=O)c1ccc(CNS(=O)(=O)c2ccc(C(C)(C)C)cc2)cc1. The molecule has 8 nitrogen and oxygen atoms in total. The topological polar surface area (TPSA) is 105 Å². The van der Waals surface area contributed by atoms with Gasteiger partial charge in [0.2, 0.25) is 15.9 Å². The number of likely N-dealkylation sites (N-methyl/N-ethyl adjacent to an activating group) is 1. The molecule has 0 aliphatic rings. The molecule has 0 unspecified atom stereocenters. The Bertz CT molecular complexity index is 1060. The maximum absolute atomic E-state index is 12.6. The molecule has 0 fully saturated rings. The Morgan fingerprint density at radius 2 is 1.62 bits per heavy atom. The second-order valence-corrected chi connectivity index (χ2v) is 10.9. The van der Waals surface area contributed by atoms with Gasteiger partial charge in [0.1, 0.15) is 0 Å². The molecule has 0 heterocycles. The first-order valence-corrected chi connectivity index (χ1v) is 12.6. The molecular weight excluding hydrogens is 454 g/mol. The Hall–Kier alpha value is -2.75. The lowest BCUT2D eigenvalue weighted by molar-refractivity contribution is -0.121. The molecule has 2 N–H and O–H groups in total. The molecule has 0 aliphatic heterocycles. The summed E-state index contributed by atoms with van der Waals surface area (Å²) in [4.78, 5) is 26.1. The summed E-state index contributed by atoms with van der Waals surface area (Å²) in [6.45, 7) is 7.29. The van der Waals surface area contributed by atoms with Gasteiger partial charge in [0.05, 0.1) is 11.4 Å². The highest BCUT2D eigenvalue weighted by molar-refractivity contribution is 7.89. The zero-order valence-electron chi connectivity index (χ0n) is 20.6. The fourth-order valence-electron chi connectivity index (χ4n) is 3.17. The molecule has 34 heavy (non-hydrogen) atoms. The van der Waals surface area contributed by atoms with Gasteiger partial charge < -0.3 is 15.0 Å². The van der Waals surface area contributed by atoms with Crippen molar-refractivity contribution in [2.75, 3.05) is 33.9 Å². The second kappa shape index (κ2) is 12.1. The molecule has 186 valence electrons. The predicted molar refractivity (Wildman–Crippen MR) is 132 cm³/mol. The summed E-state index contributed by atoms with van der Waals surface area (Å²) >= 11 is 0. The van der Waals surface area contributed by atoms with Gasteiger partial charge >= 0.3 is 0 Å². The molecule has 2 amide bonds. The normalized spacial score (nSPS) is 11.8. The third kappa shape index (κ3) is 8.23. The highest BCUT2D eigenvalue weighted by Gasteiger charge is 2.18. The van der Waals surface area contributed by atoms with E-state index in [0.717, 1.165) is 5.56 Å². The van der Waals surface area contributed by atoms with Crippen molar-refractivity contribution in [3.8, 4) is 0 Å². The predicted octanol–water partition coefficient (Wildman–Crippen LogP) is 2.69. The smallest absolute Gasteiger partial charge is 0.254 e. The molecule has 0 saturated heterocycles. The lowest BCUT2D eigenvalue weighted by atomic mass is 9.87. The van der Waals surface area contributed by atoms with Crippen LogP contribution in [0.4, 0.5) is 0 Å². The number of amides is 2. The molecule has 2 aromatic rings. The van der Waals surface area contributed by atoms with E-state index in [0.29, 0.717) is 30.7 Å². The third-order valence-electron chi connectivity index (χ3n) is 5.27. The average molecular weight is 490 g/mol. The van der Waals surface area contributed by atoms with Crippen LogP contribution in [0.3, 0.4) is 0 Å². The Labute approximate surface area is 202 Å². The molecule has 0 spiro atoms. The summed E-state index contributed by atoms with van der Waals surface area (Å²) in [5.74, 6) is -0.536. The highest BCUT2D eigenvalue weighted by Crippen LogP contribution is 2.23. The molecule has 0 saturated carbocycles. The summed E-state index contributed by atoms with van der Waals surface area (Å²) in [6.07, 6.45) is 0.702. The summed E-state index contributed by atoms with van der Waals surface area (Å²) in [5.41, 5.74) is 2.13. The number of nitrogens with zero attached hydrogens (tertiary/aromatic N) is 1. The summed E-state index contributed by atoms with van der Waals surface area (Å²) in [6, 6.07) is 13.5. The molecular formula is C25H35N3O5S. The van der Waals surface area contributed by atoms with Gasteiger partial charge in [-0.2, -0.15) is 0 Å². The van der Waals surface area contributed by atoms with Gasteiger partial charge in [-0.15, -0.1) is 0 Å². The average Bonchev–Trinajstić information content (AvgIpc) is 2.80. The first-order chi connectivity index (χ1) is 15.9. The van der Waals surface area contributed by atoms with E-state index < -0.39 is 10.0 Å². The van der Waals surface area contributed by atoms with Crippen LogP contribution in [0.25, 0.3) is 0 Å².